The third-order valence-corrected chi connectivity index (χ3v) is 3.24. The van der Waals surface area contributed by atoms with Gasteiger partial charge in [0.1, 0.15) is 0 Å². The molecule has 0 saturated heterocycles. The number of halogens is 1. The Morgan fingerprint density at radius 2 is 2.17 bits per heavy atom. The lowest BCUT2D eigenvalue weighted by Gasteiger charge is -2.06. The number of carboxylic acids is 1. The van der Waals surface area contributed by atoms with Gasteiger partial charge in [-0.05, 0) is 31.5 Å². The largest absolute Gasteiger partial charge is 0.481 e. The highest BCUT2D eigenvalue weighted by atomic mass is 35.5. The van der Waals surface area contributed by atoms with Crippen LogP contribution in [0.3, 0.4) is 0 Å². The van der Waals surface area contributed by atoms with Gasteiger partial charge in [-0.15, -0.1) is 0 Å². The number of hydrogen-bond donors (Lipinski definition) is 1. The van der Waals surface area contributed by atoms with Gasteiger partial charge in [-0.2, -0.15) is 5.10 Å². The van der Waals surface area contributed by atoms with E-state index in [0.29, 0.717) is 10.6 Å². The number of carboxylic acid groups (broad SMARTS) is 1. The molecule has 0 radical (unpaired) electrons. The molecule has 2 aromatic rings. The van der Waals surface area contributed by atoms with Gasteiger partial charge >= 0.3 is 5.97 Å². The Kier molecular flexibility index (Phi) is 3.39. The van der Waals surface area contributed by atoms with Gasteiger partial charge in [0.25, 0.3) is 0 Å². The van der Waals surface area contributed by atoms with E-state index in [9.17, 15) is 4.79 Å². The van der Waals surface area contributed by atoms with Gasteiger partial charge in [0.05, 0.1) is 17.8 Å². The van der Waals surface area contributed by atoms with E-state index in [2.05, 4.69) is 5.10 Å². The normalized spacial score (nSPS) is 10.6. The van der Waals surface area contributed by atoms with Crippen molar-refractivity contribution in [3.05, 3.63) is 46.2 Å². The first kappa shape index (κ1) is 12.6. The van der Waals surface area contributed by atoms with E-state index in [1.54, 1.807) is 17.8 Å². The molecule has 0 aliphatic rings. The molecule has 2 rings (SSSR count). The number of hydrogen-bond acceptors (Lipinski definition) is 2. The fourth-order valence-corrected chi connectivity index (χ4v) is 1.97. The topological polar surface area (TPSA) is 55.1 Å². The second-order valence-corrected chi connectivity index (χ2v) is 4.55. The zero-order valence-corrected chi connectivity index (χ0v) is 10.9. The average molecular weight is 265 g/mol. The molecule has 18 heavy (non-hydrogen) atoms. The van der Waals surface area contributed by atoms with Crippen LogP contribution in [0.2, 0.25) is 5.02 Å². The van der Waals surface area contributed by atoms with Crippen LogP contribution in [0.1, 0.15) is 16.8 Å². The van der Waals surface area contributed by atoms with Crippen molar-refractivity contribution in [3.63, 3.8) is 0 Å². The second-order valence-electron chi connectivity index (χ2n) is 4.14. The van der Waals surface area contributed by atoms with E-state index in [4.69, 9.17) is 16.7 Å². The summed E-state index contributed by atoms with van der Waals surface area (Å²) >= 11 is 6.06. The molecule has 1 heterocycles. The number of rotatable bonds is 3. The lowest BCUT2D eigenvalue weighted by Crippen LogP contribution is -2.00. The minimum atomic E-state index is -0.861. The molecule has 4 nitrogen and oxygen atoms in total. The number of aromatic nitrogens is 2. The molecule has 0 amide bonds. The van der Waals surface area contributed by atoms with Gasteiger partial charge < -0.3 is 5.11 Å². The Balaban J connectivity index is 2.46. The number of benzene rings is 1. The molecular formula is C13H13ClN2O2. The van der Waals surface area contributed by atoms with Crippen LogP contribution in [0.4, 0.5) is 0 Å². The Morgan fingerprint density at radius 1 is 1.44 bits per heavy atom. The van der Waals surface area contributed by atoms with E-state index >= 15 is 0 Å². The van der Waals surface area contributed by atoms with Gasteiger partial charge in [-0.3, -0.25) is 4.79 Å². The third-order valence-electron chi connectivity index (χ3n) is 2.83. The molecule has 0 fully saturated rings. The summed E-state index contributed by atoms with van der Waals surface area (Å²) in [5.41, 5.74) is 3.21. The summed E-state index contributed by atoms with van der Waals surface area (Å²) < 4.78 is 1.68. The summed E-state index contributed by atoms with van der Waals surface area (Å²) in [6.45, 7) is 3.71. The summed E-state index contributed by atoms with van der Waals surface area (Å²) in [4.78, 5) is 10.7. The molecule has 1 N–H and O–H groups in total. The molecule has 0 aliphatic heterocycles. The quantitative estimate of drug-likeness (QED) is 0.927. The number of aliphatic carboxylic acids is 1. The van der Waals surface area contributed by atoms with E-state index in [1.807, 2.05) is 25.1 Å². The van der Waals surface area contributed by atoms with Crippen molar-refractivity contribution in [2.45, 2.75) is 20.3 Å². The molecule has 0 saturated carbocycles. The van der Waals surface area contributed by atoms with Gasteiger partial charge in [-0.25, -0.2) is 4.68 Å². The Labute approximate surface area is 110 Å². The van der Waals surface area contributed by atoms with E-state index in [1.165, 1.54) is 0 Å². The maximum absolute atomic E-state index is 10.7. The van der Waals surface area contributed by atoms with E-state index in [-0.39, 0.29) is 6.42 Å². The lowest BCUT2D eigenvalue weighted by atomic mass is 10.2. The first-order valence-corrected chi connectivity index (χ1v) is 5.89. The number of nitrogens with zero attached hydrogens (tertiary/aromatic N) is 2. The molecule has 5 heteroatoms. The van der Waals surface area contributed by atoms with Gasteiger partial charge in [0.15, 0.2) is 0 Å². The highest BCUT2D eigenvalue weighted by Crippen LogP contribution is 2.22. The van der Waals surface area contributed by atoms with Crippen molar-refractivity contribution in [2.75, 3.05) is 0 Å². The Hall–Kier alpha value is -1.81. The first-order chi connectivity index (χ1) is 8.49. The average Bonchev–Trinajstić information content (AvgIpc) is 2.63. The predicted molar refractivity (Wildman–Crippen MR) is 69.4 cm³/mol. The predicted octanol–water partition coefficient (Wildman–Crippen LogP) is 2.77. The molecule has 94 valence electrons. The molecule has 0 aliphatic carbocycles. The minimum Gasteiger partial charge on any atom is -0.481 e. The second kappa shape index (κ2) is 4.82. The fourth-order valence-electron chi connectivity index (χ4n) is 1.80. The summed E-state index contributed by atoms with van der Waals surface area (Å²) in [5, 5.41) is 13.8. The maximum atomic E-state index is 10.7. The maximum Gasteiger partial charge on any atom is 0.307 e. The molecular weight excluding hydrogens is 252 g/mol. The summed E-state index contributed by atoms with van der Waals surface area (Å²) in [6, 6.07) is 5.56. The molecule has 0 bridgehead atoms. The van der Waals surface area contributed by atoms with Crippen molar-refractivity contribution in [3.8, 4) is 5.69 Å². The summed E-state index contributed by atoms with van der Waals surface area (Å²) in [6.07, 6.45) is 1.72. The van der Waals surface area contributed by atoms with Crippen LogP contribution < -0.4 is 0 Å². The van der Waals surface area contributed by atoms with Crippen molar-refractivity contribution in [1.29, 1.82) is 0 Å². The van der Waals surface area contributed by atoms with Crippen molar-refractivity contribution >= 4 is 17.6 Å². The van der Waals surface area contributed by atoms with Crippen LogP contribution in [0.25, 0.3) is 5.69 Å². The van der Waals surface area contributed by atoms with Crippen LogP contribution in [-0.2, 0) is 11.2 Å². The highest BCUT2D eigenvalue weighted by molar-refractivity contribution is 6.31. The van der Waals surface area contributed by atoms with Crippen LogP contribution in [-0.4, -0.2) is 20.9 Å². The van der Waals surface area contributed by atoms with E-state index < -0.39 is 5.97 Å². The van der Waals surface area contributed by atoms with Crippen LogP contribution in [0.5, 0.6) is 0 Å². The molecule has 0 spiro atoms. The molecule has 0 unspecified atom stereocenters. The third kappa shape index (κ3) is 2.38. The number of aryl methyl sites for hydroxylation is 1. The highest BCUT2D eigenvalue weighted by Gasteiger charge is 2.11. The zero-order chi connectivity index (χ0) is 13.3. The number of carbonyl (C=O) groups is 1. The monoisotopic (exact) mass is 264 g/mol. The SMILES string of the molecule is Cc1nn(-c2cccc(Cl)c2C)cc1CC(=O)O. The molecule has 1 aromatic carbocycles. The van der Waals surface area contributed by atoms with Crippen molar-refractivity contribution in [2.24, 2.45) is 0 Å². The van der Waals surface area contributed by atoms with E-state index in [0.717, 1.165) is 16.9 Å². The summed E-state index contributed by atoms with van der Waals surface area (Å²) in [7, 11) is 0. The smallest absolute Gasteiger partial charge is 0.307 e. The van der Waals surface area contributed by atoms with Crippen LogP contribution in [0.15, 0.2) is 24.4 Å². The molecule has 0 atom stereocenters. The first-order valence-electron chi connectivity index (χ1n) is 5.51. The minimum absolute atomic E-state index is 0.0224. The van der Waals surface area contributed by atoms with Crippen molar-refractivity contribution in [1.82, 2.24) is 9.78 Å². The van der Waals surface area contributed by atoms with Gasteiger partial charge in [0, 0.05) is 16.8 Å². The van der Waals surface area contributed by atoms with Gasteiger partial charge in [-0.1, -0.05) is 17.7 Å². The molecule has 1 aromatic heterocycles. The van der Waals surface area contributed by atoms with Gasteiger partial charge in [0.2, 0.25) is 0 Å². The zero-order valence-electron chi connectivity index (χ0n) is 10.1. The van der Waals surface area contributed by atoms with Crippen LogP contribution >= 0.6 is 11.6 Å². The Bertz CT molecular complexity index is 605. The Morgan fingerprint density at radius 3 is 2.83 bits per heavy atom. The lowest BCUT2D eigenvalue weighted by molar-refractivity contribution is -0.136. The summed E-state index contributed by atoms with van der Waals surface area (Å²) in [5.74, 6) is -0.861. The fraction of sp³-hybridized carbons (Fsp3) is 0.231. The van der Waals surface area contributed by atoms with Crippen LogP contribution in [0, 0.1) is 13.8 Å². The standard InChI is InChI=1S/C13H13ClN2O2/c1-8-11(14)4-3-5-12(8)16-7-10(6-13(17)18)9(2)15-16/h3-5,7H,6H2,1-2H3,(H,17,18). The van der Waals surface area contributed by atoms with Crippen molar-refractivity contribution < 1.29 is 9.90 Å².